The first kappa shape index (κ1) is 32.0. The van der Waals surface area contributed by atoms with Crippen molar-refractivity contribution in [2.75, 3.05) is 13.2 Å². The lowest BCUT2D eigenvalue weighted by atomic mass is 10.1. The van der Waals surface area contributed by atoms with Gasteiger partial charge in [-0.2, -0.15) is 0 Å². The fraction of sp³-hybridized carbons (Fsp3) is 0.548. The van der Waals surface area contributed by atoms with Crippen LogP contribution in [0.1, 0.15) is 117 Å². The van der Waals surface area contributed by atoms with Crippen LogP contribution >= 0.6 is 0 Å². The van der Waals surface area contributed by atoms with Gasteiger partial charge in [-0.05, 0) is 43.5 Å². The third-order valence-corrected chi connectivity index (χ3v) is 6.02. The van der Waals surface area contributed by atoms with Crippen LogP contribution in [0.2, 0.25) is 0 Å². The van der Waals surface area contributed by atoms with Crippen molar-refractivity contribution in [2.24, 2.45) is 0 Å². The smallest absolute Gasteiger partial charge is 0.339 e. The first-order valence-electron chi connectivity index (χ1n) is 13.8. The maximum absolute atomic E-state index is 12.4. The molecule has 0 aliphatic heterocycles. The van der Waals surface area contributed by atoms with Crippen molar-refractivity contribution in [3.05, 3.63) is 59.2 Å². The van der Waals surface area contributed by atoms with Gasteiger partial charge in [0.15, 0.2) is 0 Å². The Morgan fingerprint density at radius 1 is 0.649 bits per heavy atom. The molecule has 2 aromatic carbocycles. The molecule has 37 heavy (non-hydrogen) atoms. The Kier molecular flexibility index (Phi) is 17.4. The molecular formula is C31H46O6. The van der Waals surface area contributed by atoms with Gasteiger partial charge >= 0.3 is 11.9 Å². The second-order valence-electron chi connectivity index (χ2n) is 9.32. The van der Waals surface area contributed by atoms with Gasteiger partial charge in [-0.3, -0.25) is 0 Å². The Balaban J connectivity index is 0.000000635. The van der Waals surface area contributed by atoms with Crippen molar-refractivity contribution in [1.29, 1.82) is 0 Å². The van der Waals surface area contributed by atoms with Gasteiger partial charge in [0.1, 0.15) is 11.5 Å². The molecule has 0 amide bonds. The van der Waals surface area contributed by atoms with Crippen LogP contribution in [0, 0.1) is 6.92 Å². The molecule has 0 aliphatic rings. The molecule has 2 rings (SSSR count). The van der Waals surface area contributed by atoms with E-state index in [0.29, 0.717) is 24.3 Å². The van der Waals surface area contributed by atoms with Gasteiger partial charge in [0.25, 0.3) is 0 Å². The average Bonchev–Trinajstić information content (AvgIpc) is 2.90. The summed E-state index contributed by atoms with van der Waals surface area (Å²) in [7, 11) is 0. The minimum absolute atomic E-state index is 0.0955. The van der Waals surface area contributed by atoms with Crippen LogP contribution in [0.15, 0.2) is 42.5 Å². The minimum atomic E-state index is -0.444. The monoisotopic (exact) mass is 514 g/mol. The van der Waals surface area contributed by atoms with Crippen molar-refractivity contribution in [3.63, 3.8) is 0 Å². The van der Waals surface area contributed by atoms with Gasteiger partial charge < -0.3 is 19.7 Å². The number of benzene rings is 2. The molecule has 2 aromatic rings. The molecule has 0 aromatic heterocycles. The Bertz CT molecular complexity index is 859. The molecular weight excluding hydrogens is 468 g/mol. The zero-order chi connectivity index (χ0) is 27.3. The second-order valence-corrected chi connectivity index (χ2v) is 9.32. The van der Waals surface area contributed by atoms with Crippen LogP contribution in [-0.4, -0.2) is 35.4 Å². The lowest BCUT2D eigenvalue weighted by Gasteiger charge is -2.10. The number of hydrogen-bond acceptors (Lipinski definition) is 6. The number of carbonyl (C=O) groups excluding carboxylic acids is 2. The number of phenols is 2. The third-order valence-electron chi connectivity index (χ3n) is 6.02. The number of rotatable bonds is 16. The van der Waals surface area contributed by atoms with Gasteiger partial charge in [-0.15, -0.1) is 0 Å². The summed E-state index contributed by atoms with van der Waals surface area (Å²) in [4.78, 5) is 24.7. The van der Waals surface area contributed by atoms with E-state index in [0.717, 1.165) is 31.2 Å². The average molecular weight is 515 g/mol. The van der Waals surface area contributed by atoms with Crippen LogP contribution in [0.4, 0.5) is 0 Å². The standard InChI is InChI=1S/C24H38O4.C7H8O2/c1-3-5-7-9-11-15-19-27-23(25)21-17-13-14-18-22(21)24(26)28-20-16-12-10-8-6-4-2;1-5-2-3-6(8)4-7(5)9/h13-14,17-18H,3-12,15-16,19-20H2,1-2H3;2-4,8-9H,1H3. The van der Waals surface area contributed by atoms with Crippen molar-refractivity contribution < 1.29 is 29.3 Å². The van der Waals surface area contributed by atoms with Crippen LogP contribution in [0.3, 0.4) is 0 Å². The fourth-order valence-electron chi connectivity index (χ4n) is 3.69. The summed E-state index contributed by atoms with van der Waals surface area (Å²) in [5.74, 6) is -0.658. The molecule has 206 valence electrons. The van der Waals surface area contributed by atoms with Crippen molar-refractivity contribution in [1.82, 2.24) is 0 Å². The van der Waals surface area contributed by atoms with Crippen molar-refractivity contribution in [3.8, 4) is 11.5 Å². The van der Waals surface area contributed by atoms with Crippen LogP contribution in [0.25, 0.3) is 0 Å². The highest BCUT2D eigenvalue weighted by Crippen LogP contribution is 2.20. The summed E-state index contributed by atoms with van der Waals surface area (Å²) < 4.78 is 10.7. The van der Waals surface area contributed by atoms with E-state index in [-0.39, 0.29) is 11.5 Å². The fourth-order valence-corrected chi connectivity index (χ4v) is 3.69. The van der Waals surface area contributed by atoms with Crippen LogP contribution < -0.4 is 0 Å². The van der Waals surface area contributed by atoms with E-state index in [1.54, 1.807) is 37.3 Å². The van der Waals surface area contributed by atoms with Gasteiger partial charge in [-0.25, -0.2) is 9.59 Å². The summed E-state index contributed by atoms with van der Waals surface area (Å²) in [6.07, 6.45) is 13.6. The molecule has 0 saturated carbocycles. The number of phenolic OH excluding ortho intramolecular Hbond substituents is 2. The summed E-state index contributed by atoms with van der Waals surface area (Å²) in [5, 5.41) is 17.7. The Morgan fingerprint density at radius 2 is 1.08 bits per heavy atom. The molecule has 0 bridgehead atoms. The lowest BCUT2D eigenvalue weighted by Crippen LogP contribution is -2.15. The molecule has 0 aliphatic carbocycles. The van der Waals surface area contributed by atoms with E-state index in [1.165, 1.54) is 63.5 Å². The zero-order valence-electron chi connectivity index (χ0n) is 23.0. The summed E-state index contributed by atoms with van der Waals surface area (Å²) in [5.41, 5.74) is 1.36. The van der Waals surface area contributed by atoms with Crippen LogP contribution in [0.5, 0.6) is 11.5 Å². The minimum Gasteiger partial charge on any atom is -0.508 e. The lowest BCUT2D eigenvalue weighted by molar-refractivity contribution is 0.0450. The number of esters is 2. The van der Waals surface area contributed by atoms with Gasteiger partial charge in [0.05, 0.1) is 24.3 Å². The Morgan fingerprint density at radius 3 is 1.49 bits per heavy atom. The number of aromatic hydroxyl groups is 2. The van der Waals surface area contributed by atoms with Crippen molar-refractivity contribution >= 4 is 11.9 Å². The highest BCUT2D eigenvalue weighted by atomic mass is 16.5. The predicted octanol–water partition coefficient (Wildman–Crippen LogP) is 8.13. The quantitative estimate of drug-likeness (QED) is 0.173. The van der Waals surface area contributed by atoms with E-state index < -0.39 is 11.9 Å². The molecule has 0 fully saturated rings. The highest BCUT2D eigenvalue weighted by molar-refractivity contribution is 6.03. The predicted molar refractivity (Wildman–Crippen MR) is 148 cm³/mol. The molecule has 0 spiro atoms. The van der Waals surface area contributed by atoms with Crippen molar-refractivity contribution in [2.45, 2.75) is 97.8 Å². The number of carbonyl (C=O) groups is 2. The molecule has 2 N–H and O–H groups in total. The Labute approximate surface area is 223 Å². The summed E-state index contributed by atoms with van der Waals surface area (Å²) in [6, 6.07) is 11.3. The molecule has 0 heterocycles. The van der Waals surface area contributed by atoms with Gasteiger partial charge in [-0.1, -0.05) is 96.3 Å². The number of aryl methyl sites for hydroxylation is 1. The summed E-state index contributed by atoms with van der Waals surface area (Å²) in [6.45, 7) is 6.95. The summed E-state index contributed by atoms with van der Waals surface area (Å²) >= 11 is 0. The maximum atomic E-state index is 12.4. The third kappa shape index (κ3) is 14.3. The topological polar surface area (TPSA) is 93.1 Å². The number of hydrogen-bond donors (Lipinski definition) is 2. The van der Waals surface area contributed by atoms with Gasteiger partial charge in [0.2, 0.25) is 0 Å². The molecule has 6 heteroatoms. The molecule has 0 saturated heterocycles. The molecule has 0 radical (unpaired) electrons. The molecule has 6 nitrogen and oxygen atoms in total. The molecule has 0 unspecified atom stereocenters. The Hall–Kier alpha value is -3.02. The highest BCUT2D eigenvalue weighted by Gasteiger charge is 2.18. The van der Waals surface area contributed by atoms with E-state index in [9.17, 15) is 9.59 Å². The zero-order valence-corrected chi connectivity index (χ0v) is 23.0. The number of unbranched alkanes of at least 4 members (excludes halogenated alkanes) is 10. The normalized spacial score (nSPS) is 10.4. The van der Waals surface area contributed by atoms with E-state index in [1.807, 2.05) is 0 Å². The number of ether oxygens (including phenoxy) is 2. The van der Waals surface area contributed by atoms with Crippen LogP contribution in [-0.2, 0) is 9.47 Å². The van der Waals surface area contributed by atoms with E-state index in [4.69, 9.17) is 19.7 Å². The first-order valence-corrected chi connectivity index (χ1v) is 13.8. The SMILES string of the molecule is CCCCCCCCOC(=O)c1ccccc1C(=O)OCCCCCCCC.Cc1ccc(O)cc1O. The molecule has 0 atom stereocenters. The maximum Gasteiger partial charge on any atom is 0.339 e. The first-order chi connectivity index (χ1) is 17.9. The largest absolute Gasteiger partial charge is 0.508 e. The van der Waals surface area contributed by atoms with E-state index >= 15 is 0 Å². The van der Waals surface area contributed by atoms with E-state index in [2.05, 4.69) is 13.8 Å². The second kappa shape index (κ2) is 20.1. The van der Waals surface area contributed by atoms with Gasteiger partial charge in [0, 0.05) is 6.07 Å².